The molecule has 1 atom stereocenters. The van der Waals surface area contributed by atoms with Gasteiger partial charge in [-0.2, -0.15) is 0 Å². The minimum Gasteiger partial charge on any atom is -0.478 e. The Morgan fingerprint density at radius 2 is 1.73 bits per heavy atom. The summed E-state index contributed by atoms with van der Waals surface area (Å²) in [5.74, 6) is 0.583. The summed E-state index contributed by atoms with van der Waals surface area (Å²) < 4.78 is 6.50. The van der Waals surface area contributed by atoms with E-state index in [0.29, 0.717) is 31.8 Å². The standard InChI is InChI=1S/C38H42N4O3/c1-5-32-24-28(22-23-42(32)27(3)37(43)39-4)25-40-34-19-13-18-31-20-21-35(45-36(31)34)38(44)41(6-2)26-33(29-14-9-7-10-15-29)30-16-11-8-12-17-30/h5,7-19,22-24,33,35,40H,3,6,20-21,25-26H2,1-2,4H3,(H,39,43)/b32-5-. The van der Waals surface area contributed by atoms with Crippen LogP contribution in [0.15, 0.2) is 127 Å². The molecule has 7 heteroatoms. The van der Waals surface area contributed by atoms with Gasteiger partial charge in [0.1, 0.15) is 11.4 Å². The van der Waals surface area contributed by atoms with E-state index in [1.165, 1.54) is 11.1 Å². The van der Waals surface area contributed by atoms with E-state index in [0.717, 1.165) is 34.7 Å². The first-order valence-corrected chi connectivity index (χ1v) is 15.6. The van der Waals surface area contributed by atoms with Crippen molar-refractivity contribution in [1.82, 2.24) is 15.1 Å². The highest BCUT2D eigenvalue weighted by Gasteiger charge is 2.32. The Kier molecular flexibility index (Phi) is 10.2. The van der Waals surface area contributed by atoms with Crippen molar-refractivity contribution < 1.29 is 14.3 Å². The number of amides is 2. The minimum absolute atomic E-state index is 0.0156. The van der Waals surface area contributed by atoms with E-state index >= 15 is 0 Å². The highest BCUT2D eigenvalue weighted by Crippen LogP contribution is 2.36. The molecule has 232 valence electrons. The monoisotopic (exact) mass is 602 g/mol. The molecule has 3 aromatic carbocycles. The van der Waals surface area contributed by atoms with Gasteiger partial charge in [0.15, 0.2) is 6.10 Å². The summed E-state index contributed by atoms with van der Waals surface area (Å²) in [6.07, 6.45) is 8.64. The fourth-order valence-corrected chi connectivity index (χ4v) is 5.89. The molecule has 0 bridgehead atoms. The normalized spacial score (nSPS) is 16.4. The second-order valence-corrected chi connectivity index (χ2v) is 11.2. The van der Waals surface area contributed by atoms with Crippen LogP contribution in [0.4, 0.5) is 5.69 Å². The van der Waals surface area contributed by atoms with Crippen LogP contribution in [0.25, 0.3) is 0 Å². The Balaban J connectivity index is 1.29. The highest BCUT2D eigenvalue weighted by atomic mass is 16.5. The van der Waals surface area contributed by atoms with Crippen molar-refractivity contribution in [2.24, 2.45) is 0 Å². The lowest BCUT2D eigenvalue weighted by atomic mass is 9.90. The van der Waals surface area contributed by atoms with Gasteiger partial charge in [0, 0.05) is 44.5 Å². The predicted octanol–water partition coefficient (Wildman–Crippen LogP) is 6.39. The summed E-state index contributed by atoms with van der Waals surface area (Å²) in [4.78, 5) is 29.8. The number of hydrogen-bond donors (Lipinski definition) is 2. The summed E-state index contributed by atoms with van der Waals surface area (Å²) in [5.41, 5.74) is 6.57. The van der Waals surface area contributed by atoms with Gasteiger partial charge < -0.3 is 25.2 Å². The average molecular weight is 603 g/mol. The Morgan fingerprint density at radius 3 is 2.36 bits per heavy atom. The largest absolute Gasteiger partial charge is 0.478 e. The lowest BCUT2D eigenvalue weighted by Crippen LogP contribution is -2.45. The molecule has 1 unspecified atom stereocenters. The number of carbonyl (C=O) groups is 2. The van der Waals surface area contributed by atoms with Gasteiger partial charge in [0.2, 0.25) is 0 Å². The molecule has 0 radical (unpaired) electrons. The summed E-state index contributed by atoms with van der Waals surface area (Å²) in [7, 11) is 1.59. The molecule has 5 rings (SSSR count). The SMILES string of the molecule is C=C(C(=O)NC)N1C=CC(CNc2cccc3c2OC(C(=O)N(CC)CC(c2ccccc2)c2ccccc2)CC3)=C/C1=C/C. The van der Waals surface area contributed by atoms with Crippen molar-refractivity contribution >= 4 is 17.5 Å². The molecule has 2 heterocycles. The number of carbonyl (C=O) groups excluding carboxylic acids is 2. The number of nitrogens with zero attached hydrogens (tertiary/aromatic N) is 2. The molecule has 0 fully saturated rings. The third-order valence-corrected chi connectivity index (χ3v) is 8.42. The smallest absolute Gasteiger partial charge is 0.267 e. The van der Waals surface area contributed by atoms with Gasteiger partial charge in [-0.15, -0.1) is 0 Å². The zero-order valence-corrected chi connectivity index (χ0v) is 26.3. The van der Waals surface area contributed by atoms with Crippen molar-refractivity contribution in [3.05, 3.63) is 144 Å². The number of fused-ring (bicyclic) bond motifs is 1. The number of anilines is 1. The summed E-state index contributed by atoms with van der Waals surface area (Å²) in [6.45, 7) is 9.61. The van der Waals surface area contributed by atoms with Gasteiger partial charge in [-0.05, 0) is 67.2 Å². The number of rotatable bonds is 11. The van der Waals surface area contributed by atoms with E-state index < -0.39 is 6.10 Å². The fraction of sp³-hybridized carbons (Fsp3) is 0.263. The Bertz CT molecular complexity index is 1570. The van der Waals surface area contributed by atoms with Gasteiger partial charge in [-0.3, -0.25) is 9.59 Å². The molecule has 2 amide bonds. The van der Waals surface area contributed by atoms with Crippen molar-refractivity contribution in [2.45, 2.75) is 38.7 Å². The zero-order valence-electron chi connectivity index (χ0n) is 26.3. The van der Waals surface area contributed by atoms with E-state index in [-0.39, 0.29) is 17.7 Å². The lowest BCUT2D eigenvalue weighted by Gasteiger charge is -2.33. The number of hydrogen-bond acceptors (Lipinski definition) is 5. The summed E-state index contributed by atoms with van der Waals surface area (Å²) in [5, 5.41) is 6.15. The van der Waals surface area contributed by atoms with Crippen molar-refractivity contribution in [3.63, 3.8) is 0 Å². The maximum atomic E-state index is 14.0. The van der Waals surface area contributed by atoms with Crippen molar-refractivity contribution in [3.8, 4) is 5.75 Å². The van der Waals surface area contributed by atoms with Gasteiger partial charge in [0.25, 0.3) is 11.8 Å². The van der Waals surface area contributed by atoms with Crippen LogP contribution >= 0.6 is 0 Å². The molecule has 0 aliphatic carbocycles. The van der Waals surface area contributed by atoms with Crippen LogP contribution < -0.4 is 15.4 Å². The van der Waals surface area contributed by atoms with Crippen LogP contribution in [0.2, 0.25) is 0 Å². The molecule has 0 saturated heterocycles. The van der Waals surface area contributed by atoms with Crippen molar-refractivity contribution in [1.29, 1.82) is 0 Å². The predicted molar refractivity (Wildman–Crippen MR) is 181 cm³/mol. The third kappa shape index (κ3) is 7.20. The molecular formula is C38H42N4O3. The fourth-order valence-electron chi connectivity index (χ4n) is 5.89. The number of likely N-dealkylation sites (N-methyl/N-ethyl adjacent to an activating group) is 2. The van der Waals surface area contributed by atoms with Crippen LogP contribution in [0.1, 0.15) is 42.9 Å². The molecule has 2 aliphatic rings. The number of aryl methyl sites for hydroxylation is 1. The quantitative estimate of drug-likeness (QED) is 0.249. The molecule has 0 spiro atoms. The molecule has 2 aliphatic heterocycles. The first kappa shape index (κ1) is 31.4. The molecular weight excluding hydrogens is 560 g/mol. The van der Waals surface area contributed by atoms with Crippen LogP contribution in [0, 0.1) is 0 Å². The van der Waals surface area contributed by atoms with E-state index in [1.54, 1.807) is 11.9 Å². The molecule has 0 saturated carbocycles. The number of benzene rings is 3. The number of ether oxygens (including phenoxy) is 1. The third-order valence-electron chi connectivity index (χ3n) is 8.42. The van der Waals surface area contributed by atoms with Crippen LogP contribution in [0.3, 0.4) is 0 Å². The molecule has 7 nitrogen and oxygen atoms in total. The first-order valence-electron chi connectivity index (χ1n) is 15.6. The number of allylic oxidation sites excluding steroid dienone is 2. The zero-order chi connectivity index (χ0) is 31.8. The van der Waals surface area contributed by atoms with Gasteiger partial charge in [0.05, 0.1) is 5.69 Å². The van der Waals surface area contributed by atoms with Crippen LogP contribution in [-0.2, 0) is 16.0 Å². The Labute approximate surface area is 266 Å². The highest BCUT2D eigenvalue weighted by molar-refractivity contribution is 5.92. The van der Waals surface area contributed by atoms with E-state index in [9.17, 15) is 9.59 Å². The van der Waals surface area contributed by atoms with Crippen molar-refractivity contribution in [2.75, 3.05) is 32.0 Å². The first-order chi connectivity index (χ1) is 21.9. The maximum absolute atomic E-state index is 14.0. The Morgan fingerprint density at radius 1 is 1.04 bits per heavy atom. The second kappa shape index (κ2) is 14.6. The summed E-state index contributed by atoms with van der Waals surface area (Å²) >= 11 is 0. The lowest BCUT2D eigenvalue weighted by molar-refractivity contribution is -0.139. The maximum Gasteiger partial charge on any atom is 0.267 e. The molecule has 0 aromatic heterocycles. The van der Waals surface area contributed by atoms with E-state index in [2.05, 4.69) is 71.8 Å². The Hall–Kier alpha value is -5.04. The summed E-state index contributed by atoms with van der Waals surface area (Å²) in [6, 6.07) is 26.9. The van der Waals surface area contributed by atoms with Crippen LogP contribution in [0.5, 0.6) is 5.75 Å². The number of para-hydroxylation sites is 1. The minimum atomic E-state index is -0.555. The average Bonchev–Trinajstić information content (AvgIpc) is 3.10. The van der Waals surface area contributed by atoms with E-state index in [4.69, 9.17) is 4.74 Å². The van der Waals surface area contributed by atoms with Gasteiger partial charge in [-0.1, -0.05) is 85.5 Å². The number of nitrogens with one attached hydrogen (secondary N) is 2. The molecule has 2 N–H and O–H groups in total. The van der Waals surface area contributed by atoms with E-state index in [1.807, 2.05) is 67.4 Å². The van der Waals surface area contributed by atoms with Gasteiger partial charge >= 0.3 is 0 Å². The second-order valence-electron chi connectivity index (χ2n) is 11.2. The topological polar surface area (TPSA) is 73.9 Å². The van der Waals surface area contributed by atoms with Gasteiger partial charge in [-0.25, -0.2) is 0 Å². The molecule has 45 heavy (non-hydrogen) atoms. The van der Waals surface area contributed by atoms with Crippen LogP contribution in [-0.4, -0.2) is 54.4 Å². The molecule has 3 aromatic rings.